The summed E-state index contributed by atoms with van der Waals surface area (Å²) >= 11 is 5.19. The molecule has 4 N–H and O–H groups in total. The van der Waals surface area contributed by atoms with Gasteiger partial charge in [-0.3, -0.25) is 19.5 Å². The van der Waals surface area contributed by atoms with Gasteiger partial charge in [0.05, 0.1) is 12.8 Å². The molecule has 2 fully saturated rings. The van der Waals surface area contributed by atoms with Gasteiger partial charge in [0.15, 0.2) is 11.0 Å². The zero-order chi connectivity index (χ0) is 18.7. The van der Waals surface area contributed by atoms with Crippen molar-refractivity contribution in [1.29, 1.82) is 0 Å². The number of nitrogens with one attached hydrogen (secondary N) is 1. The lowest BCUT2D eigenvalue weighted by molar-refractivity contribution is -0.428. The van der Waals surface area contributed by atoms with Crippen molar-refractivity contribution in [3.8, 4) is 5.75 Å². The molecule has 1 heterocycles. The van der Waals surface area contributed by atoms with Crippen LogP contribution in [0.4, 0.5) is 5.69 Å². The van der Waals surface area contributed by atoms with Crippen LogP contribution in [0.2, 0.25) is 0 Å². The number of benzene rings is 1. The number of thiocarbonyl (C=S) groups is 1. The summed E-state index contributed by atoms with van der Waals surface area (Å²) < 4.78 is 5.13. The Morgan fingerprint density at radius 2 is 1.96 bits per heavy atom. The highest BCUT2D eigenvalue weighted by atomic mass is 32.1. The van der Waals surface area contributed by atoms with Gasteiger partial charge in [-0.05, 0) is 49.3 Å². The summed E-state index contributed by atoms with van der Waals surface area (Å²) in [7, 11) is 1.57. The number of methoxy groups -OCH3 is 1. The van der Waals surface area contributed by atoms with Crippen LogP contribution in [-0.2, 0) is 9.59 Å². The summed E-state index contributed by atoms with van der Waals surface area (Å²) in [4.78, 5) is 31.0. The molecule has 1 aromatic carbocycles. The first-order valence-corrected chi connectivity index (χ1v) is 9.11. The van der Waals surface area contributed by atoms with Gasteiger partial charge in [0, 0.05) is 12.6 Å². The number of ether oxygens (including phenoxy) is 1. The van der Waals surface area contributed by atoms with Crippen LogP contribution in [0.15, 0.2) is 29.3 Å². The van der Waals surface area contributed by atoms with Gasteiger partial charge in [-0.2, -0.15) is 0 Å². The van der Waals surface area contributed by atoms with E-state index in [1.54, 1.807) is 31.4 Å². The van der Waals surface area contributed by atoms with Crippen molar-refractivity contribution in [2.75, 3.05) is 12.0 Å². The molecule has 1 aliphatic carbocycles. The number of amides is 2. The molecule has 0 bridgehead atoms. The minimum absolute atomic E-state index is 0.0627. The SMILES string of the molecule is COc1ccc(N2C(=O)[C@H](C=N[C@H]3CCCC[C@@H]3[NH3+])C(=O)NC2=S)cc1. The van der Waals surface area contributed by atoms with Gasteiger partial charge in [0.1, 0.15) is 17.8 Å². The van der Waals surface area contributed by atoms with E-state index in [1.807, 2.05) is 0 Å². The lowest BCUT2D eigenvalue weighted by atomic mass is 9.91. The smallest absolute Gasteiger partial charge is 0.251 e. The summed E-state index contributed by atoms with van der Waals surface area (Å²) in [5.41, 5.74) is 4.71. The van der Waals surface area contributed by atoms with Gasteiger partial charge in [0.25, 0.3) is 5.91 Å². The van der Waals surface area contributed by atoms with E-state index in [4.69, 9.17) is 17.0 Å². The number of hydrogen-bond donors (Lipinski definition) is 2. The van der Waals surface area contributed by atoms with E-state index >= 15 is 0 Å². The molecule has 1 aliphatic heterocycles. The second-order valence-electron chi connectivity index (χ2n) is 6.55. The first-order valence-electron chi connectivity index (χ1n) is 8.70. The van der Waals surface area contributed by atoms with Crippen molar-refractivity contribution < 1.29 is 20.1 Å². The normalized spacial score (nSPS) is 26.9. The Bertz CT molecular complexity index is 734. The van der Waals surface area contributed by atoms with E-state index < -0.39 is 17.7 Å². The van der Waals surface area contributed by atoms with Crippen molar-refractivity contribution in [3.63, 3.8) is 0 Å². The van der Waals surface area contributed by atoms with Crippen molar-refractivity contribution in [1.82, 2.24) is 5.32 Å². The van der Waals surface area contributed by atoms with Crippen LogP contribution >= 0.6 is 12.2 Å². The molecular weight excluding hydrogens is 352 g/mol. The summed E-state index contributed by atoms with van der Waals surface area (Å²) in [6, 6.07) is 7.21. The molecule has 0 aromatic heterocycles. The molecule has 0 spiro atoms. The van der Waals surface area contributed by atoms with Crippen LogP contribution in [0.5, 0.6) is 5.75 Å². The van der Waals surface area contributed by atoms with Crippen molar-refractivity contribution >= 4 is 41.0 Å². The number of carbonyl (C=O) groups is 2. The molecule has 0 radical (unpaired) electrons. The number of rotatable bonds is 4. The summed E-state index contributed by atoms with van der Waals surface area (Å²) in [6.07, 6.45) is 5.68. The summed E-state index contributed by atoms with van der Waals surface area (Å²) in [5.74, 6) is -1.16. The maximum absolute atomic E-state index is 12.9. The molecule has 2 aliphatic rings. The van der Waals surface area contributed by atoms with E-state index in [-0.39, 0.29) is 17.2 Å². The topological polar surface area (TPSA) is 98.6 Å². The van der Waals surface area contributed by atoms with E-state index in [0.717, 1.165) is 25.7 Å². The number of carbonyl (C=O) groups excluding carboxylic acids is 2. The molecule has 1 aromatic rings. The summed E-state index contributed by atoms with van der Waals surface area (Å²) in [5, 5.41) is 2.67. The molecular formula is C18H23N4O3S+. The lowest BCUT2D eigenvalue weighted by Crippen LogP contribution is -2.66. The van der Waals surface area contributed by atoms with Crippen LogP contribution in [0.25, 0.3) is 0 Å². The molecule has 1 saturated heterocycles. The number of anilines is 1. The second kappa shape index (κ2) is 7.92. The third-order valence-corrected chi connectivity index (χ3v) is 5.11. The maximum atomic E-state index is 12.9. The predicted molar refractivity (Wildman–Crippen MR) is 102 cm³/mol. The maximum Gasteiger partial charge on any atom is 0.251 e. The van der Waals surface area contributed by atoms with Gasteiger partial charge in [-0.1, -0.05) is 6.42 Å². The third-order valence-electron chi connectivity index (χ3n) is 4.83. The summed E-state index contributed by atoms with van der Waals surface area (Å²) in [6.45, 7) is 0. The average molecular weight is 375 g/mol. The van der Waals surface area contributed by atoms with Gasteiger partial charge in [0.2, 0.25) is 5.91 Å². The van der Waals surface area contributed by atoms with Gasteiger partial charge >= 0.3 is 0 Å². The van der Waals surface area contributed by atoms with Gasteiger partial charge in [-0.25, -0.2) is 0 Å². The zero-order valence-electron chi connectivity index (χ0n) is 14.7. The van der Waals surface area contributed by atoms with Crippen LogP contribution in [0.3, 0.4) is 0 Å². The highest BCUT2D eigenvalue weighted by Crippen LogP contribution is 2.24. The number of quaternary nitrogens is 1. The Kier molecular flexibility index (Phi) is 5.63. The molecule has 1 saturated carbocycles. The van der Waals surface area contributed by atoms with E-state index in [2.05, 4.69) is 16.0 Å². The Labute approximate surface area is 157 Å². The fourth-order valence-corrected chi connectivity index (χ4v) is 3.57. The van der Waals surface area contributed by atoms with Crippen molar-refractivity contribution in [2.45, 2.75) is 37.8 Å². The van der Waals surface area contributed by atoms with Crippen LogP contribution in [0, 0.1) is 5.92 Å². The molecule has 3 atom stereocenters. The van der Waals surface area contributed by atoms with Crippen molar-refractivity contribution in [2.24, 2.45) is 10.9 Å². The fourth-order valence-electron chi connectivity index (χ4n) is 3.28. The lowest BCUT2D eigenvalue weighted by Gasteiger charge is -2.31. The van der Waals surface area contributed by atoms with Gasteiger partial charge in [-0.15, -0.1) is 0 Å². The minimum Gasteiger partial charge on any atom is -0.497 e. The molecule has 138 valence electrons. The average Bonchev–Trinajstić information content (AvgIpc) is 2.63. The first kappa shape index (κ1) is 18.5. The van der Waals surface area contributed by atoms with E-state index in [1.165, 1.54) is 11.1 Å². The Hall–Kier alpha value is -2.32. The van der Waals surface area contributed by atoms with Crippen LogP contribution in [0.1, 0.15) is 25.7 Å². The molecule has 3 rings (SSSR count). The minimum atomic E-state index is -0.988. The molecule has 2 amide bonds. The zero-order valence-corrected chi connectivity index (χ0v) is 15.5. The number of aliphatic imine (C=N–C) groups is 1. The first-order chi connectivity index (χ1) is 12.5. The molecule has 8 heteroatoms. The molecule has 0 unspecified atom stereocenters. The van der Waals surface area contributed by atoms with Gasteiger partial charge < -0.3 is 15.8 Å². The highest BCUT2D eigenvalue weighted by molar-refractivity contribution is 7.80. The van der Waals surface area contributed by atoms with Crippen molar-refractivity contribution in [3.05, 3.63) is 24.3 Å². The number of nitrogens with zero attached hydrogens (tertiary/aromatic N) is 2. The van der Waals surface area contributed by atoms with E-state index in [0.29, 0.717) is 11.4 Å². The molecule has 26 heavy (non-hydrogen) atoms. The molecule has 7 nitrogen and oxygen atoms in total. The number of hydrogen-bond acceptors (Lipinski definition) is 5. The Morgan fingerprint density at radius 3 is 2.62 bits per heavy atom. The second-order valence-corrected chi connectivity index (χ2v) is 6.94. The fraction of sp³-hybridized carbons (Fsp3) is 0.444. The standard InChI is InChI=1S/C18H22N4O3S/c1-25-12-8-6-11(7-9-12)22-17(24)13(16(23)21-18(22)26)10-20-15-5-3-2-4-14(15)19/h6-10,13-15H,2-5,19H2,1H3,(H,21,23,26)/p+1/t13-,14+,15+/m1/s1. The Balaban J connectivity index is 1.80. The van der Waals surface area contributed by atoms with Crippen LogP contribution < -0.4 is 20.7 Å². The third kappa shape index (κ3) is 3.76. The predicted octanol–water partition coefficient (Wildman–Crippen LogP) is 0.683. The van der Waals surface area contributed by atoms with E-state index in [9.17, 15) is 9.59 Å². The Morgan fingerprint density at radius 1 is 1.27 bits per heavy atom. The highest BCUT2D eigenvalue weighted by Gasteiger charge is 2.38. The monoisotopic (exact) mass is 375 g/mol. The quantitative estimate of drug-likeness (QED) is 0.459. The largest absolute Gasteiger partial charge is 0.497 e. The van der Waals surface area contributed by atoms with Crippen LogP contribution in [-0.4, -0.2) is 42.3 Å².